The highest BCUT2D eigenvalue weighted by atomic mass is 35.5. The molecule has 0 saturated heterocycles. The van der Waals surface area contributed by atoms with Crippen molar-refractivity contribution < 1.29 is 0 Å². The van der Waals surface area contributed by atoms with Crippen molar-refractivity contribution in [2.75, 3.05) is 11.1 Å². The van der Waals surface area contributed by atoms with Gasteiger partial charge in [-0.3, -0.25) is 0 Å². The van der Waals surface area contributed by atoms with Gasteiger partial charge in [0, 0.05) is 28.0 Å². The van der Waals surface area contributed by atoms with Crippen LogP contribution in [0.25, 0.3) is 0 Å². The van der Waals surface area contributed by atoms with Gasteiger partial charge in [-0.15, -0.1) is 0 Å². The number of nitrogen functional groups attached to an aromatic ring is 1. The zero-order valence-electron chi connectivity index (χ0n) is 10.0. The Morgan fingerprint density at radius 2 is 1.89 bits per heavy atom. The molecule has 0 aliphatic carbocycles. The van der Waals surface area contributed by atoms with E-state index in [1.165, 1.54) is 0 Å². The summed E-state index contributed by atoms with van der Waals surface area (Å²) in [6.45, 7) is 2.62. The maximum Gasteiger partial charge on any atom is 0.0470 e. The van der Waals surface area contributed by atoms with Crippen LogP contribution in [0.1, 0.15) is 11.1 Å². The number of hydrogen-bond donors (Lipinski definition) is 2. The SMILES string of the molecule is Cc1ccc(NCc2ccc(Cl)cc2Cl)cc1N. The molecule has 2 rings (SSSR count). The zero-order valence-corrected chi connectivity index (χ0v) is 11.5. The first-order chi connectivity index (χ1) is 8.56. The molecule has 2 aromatic rings. The number of benzene rings is 2. The van der Waals surface area contributed by atoms with Gasteiger partial charge >= 0.3 is 0 Å². The van der Waals surface area contributed by atoms with E-state index in [9.17, 15) is 0 Å². The van der Waals surface area contributed by atoms with Gasteiger partial charge in [0.1, 0.15) is 0 Å². The van der Waals surface area contributed by atoms with Gasteiger partial charge in [-0.1, -0.05) is 35.3 Å². The molecule has 3 N–H and O–H groups in total. The lowest BCUT2D eigenvalue weighted by Gasteiger charge is -2.10. The number of rotatable bonds is 3. The maximum absolute atomic E-state index is 6.10. The number of nitrogens with two attached hydrogens (primary N) is 1. The average molecular weight is 281 g/mol. The molecule has 0 aliphatic rings. The average Bonchev–Trinajstić information content (AvgIpc) is 2.32. The molecular weight excluding hydrogens is 267 g/mol. The van der Waals surface area contributed by atoms with Crippen molar-refractivity contribution in [3.05, 3.63) is 57.6 Å². The van der Waals surface area contributed by atoms with Crippen molar-refractivity contribution in [3.8, 4) is 0 Å². The van der Waals surface area contributed by atoms with Gasteiger partial charge in [-0.2, -0.15) is 0 Å². The van der Waals surface area contributed by atoms with Crippen LogP contribution in [0, 0.1) is 6.92 Å². The van der Waals surface area contributed by atoms with Crippen LogP contribution in [0.2, 0.25) is 10.0 Å². The van der Waals surface area contributed by atoms with Gasteiger partial charge in [0.25, 0.3) is 0 Å². The quantitative estimate of drug-likeness (QED) is 0.813. The molecule has 18 heavy (non-hydrogen) atoms. The summed E-state index contributed by atoms with van der Waals surface area (Å²) in [6.07, 6.45) is 0. The van der Waals surface area contributed by atoms with Gasteiger partial charge < -0.3 is 11.1 Å². The van der Waals surface area contributed by atoms with Gasteiger partial charge in [0.05, 0.1) is 0 Å². The number of anilines is 2. The van der Waals surface area contributed by atoms with E-state index >= 15 is 0 Å². The molecule has 0 atom stereocenters. The van der Waals surface area contributed by atoms with Gasteiger partial charge in [-0.25, -0.2) is 0 Å². The van der Waals surface area contributed by atoms with E-state index in [0.29, 0.717) is 16.6 Å². The van der Waals surface area contributed by atoms with Crippen molar-refractivity contribution in [2.45, 2.75) is 13.5 Å². The lowest BCUT2D eigenvalue weighted by molar-refractivity contribution is 1.15. The molecule has 0 amide bonds. The summed E-state index contributed by atoms with van der Waals surface area (Å²) in [5.41, 5.74) is 9.69. The Morgan fingerprint density at radius 3 is 2.56 bits per heavy atom. The van der Waals surface area contributed by atoms with Crippen molar-refractivity contribution in [2.24, 2.45) is 0 Å². The molecule has 2 aromatic carbocycles. The summed E-state index contributed by atoms with van der Waals surface area (Å²) in [5.74, 6) is 0. The predicted octanol–water partition coefficient (Wildman–Crippen LogP) is 4.50. The van der Waals surface area contributed by atoms with Crippen LogP contribution in [0.4, 0.5) is 11.4 Å². The second kappa shape index (κ2) is 5.51. The minimum atomic E-state index is 0.637. The Morgan fingerprint density at radius 1 is 1.11 bits per heavy atom. The van der Waals surface area contributed by atoms with Crippen LogP contribution in [0.3, 0.4) is 0 Å². The van der Waals surface area contributed by atoms with Crippen molar-refractivity contribution in [1.82, 2.24) is 0 Å². The molecule has 0 saturated carbocycles. The van der Waals surface area contributed by atoms with Crippen LogP contribution in [-0.2, 0) is 6.54 Å². The summed E-state index contributed by atoms with van der Waals surface area (Å²) in [5, 5.41) is 4.59. The largest absolute Gasteiger partial charge is 0.398 e. The highest BCUT2D eigenvalue weighted by molar-refractivity contribution is 6.35. The normalized spacial score (nSPS) is 10.4. The first-order valence-corrected chi connectivity index (χ1v) is 6.36. The number of halogens is 2. The van der Waals surface area contributed by atoms with E-state index in [4.69, 9.17) is 28.9 Å². The topological polar surface area (TPSA) is 38.0 Å². The van der Waals surface area contributed by atoms with E-state index in [1.54, 1.807) is 6.07 Å². The lowest BCUT2D eigenvalue weighted by atomic mass is 10.1. The third-order valence-corrected chi connectivity index (χ3v) is 3.36. The summed E-state index contributed by atoms with van der Waals surface area (Å²) < 4.78 is 0. The first-order valence-electron chi connectivity index (χ1n) is 5.60. The maximum atomic E-state index is 6.10. The second-order valence-electron chi connectivity index (χ2n) is 4.16. The monoisotopic (exact) mass is 280 g/mol. The smallest absolute Gasteiger partial charge is 0.0470 e. The Hall–Kier alpha value is -1.38. The summed E-state index contributed by atoms with van der Waals surface area (Å²) in [7, 11) is 0. The molecule has 0 spiro atoms. The van der Waals surface area contributed by atoms with Crippen molar-refractivity contribution in [1.29, 1.82) is 0 Å². The fourth-order valence-electron chi connectivity index (χ4n) is 1.61. The van der Waals surface area contributed by atoms with Gasteiger partial charge in [0.2, 0.25) is 0 Å². The van der Waals surface area contributed by atoms with Gasteiger partial charge in [0.15, 0.2) is 0 Å². The van der Waals surface area contributed by atoms with Crippen LogP contribution in [0.15, 0.2) is 36.4 Å². The van der Waals surface area contributed by atoms with Crippen LogP contribution in [0.5, 0.6) is 0 Å². The summed E-state index contributed by atoms with van der Waals surface area (Å²) in [6, 6.07) is 11.4. The summed E-state index contributed by atoms with van der Waals surface area (Å²) in [4.78, 5) is 0. The molecule has 94 valence electrons. The van der Waals surface area contributed by atoms with E-state index in [2.05, 4.69) is 5.32 Å². The fourth-order valence-corrected chi connectivity index (χ4v) is 2.09. The Balaban J connectivity index is 2.09. The first kappa shape index (κ1) is 13.1. The van der Waals surface area contributed by atoms with Gasteiger partial charge in [-0.05, 0) is 42.3 Å². The molecule has 0 bridgehead atoms. The molecule has 4 heteroatoms. The molecule has 0 heterocycles. The minimum Gasteiger partial charge on any atom is -0.398 e. The van der Waals surface area contributed by atoms with E-state index in [1.807, 2.05) is 37.3 Å². The molecule has 0 fully saturated rings. The number of aryl methyl sites for hydroxylation is 1. The molecule has 0 aromatic heterocycles. The standard InChI is InChI=1S/C14H14Cl2N2/c1-9-2-5-12(7-14(9)17)18-8-10-3-4-11(15)6-13(10)16/h2-7,18H,8,17H2,1H3. The Labute approximate surface area is 117 Å². The third-order valence-electron chi connectivity index (χ3n) is 2.78. The van der Waals surface area contributed by atoms with E-state index < -0.39 is 0 Å². The fraction of sp³-hybridized carbons (Fsp3) is 0.143. The van der Waals surface area contributed by atoms with Crippen LogP contribution in [-0.4, -0.2) is 0 Å². The van der Waals surface area contributed by atoms with Crippen LogP contribution < -0.4 is 11.1 Å². The number of nitrogens with one attached hydrogen (secondary N) is 1. The lowest BCUT2D eigenvalue weighted by Crippen LogP contribution is -2.01. The highest BCUT2D eigenvalue weighted by Gasteiger charge is 2.02. The van der Waals surface area contributed by atoms with E-state index in [0.717, 1.165) is 22.5 Å². The molecule has 0 aliphatic heterocycles. The predicted molar refractivity (Wildman–Crippen MR) is 79.4 cm³/mol. The summed E-state index contributed by atoms with van der Waals surface area (Å²) >= 11 is 12.0. The second-order valence-corrected chi connectivity index (χ2v) is 5.00. The molecule has 0 radical (unpaired) electrons. The third kappa shape index (κ3) is 3.09. The minimum absolute atomic E-state index is 0.637. The molecular formula is C14H14Cl2N2. The number of hydrogen-bond acceptors (Lipinski definition) is 2. The zero-order chi connectivity index (χ0) is 13.1. The Bertz CT molecular complexity index is 568. The highest BCUT2D eigenvalue weighted by Crippen LogP contribution is 2.23. The Kier molecular flexibility index (Phi) is 4.00. The molecule has 2 nitrogen and oxygen atoms in total. The van der Waals surface area contributed by atoms with Crippen molar-refractivity contribution >= 4 is 34.6 Å². The molecule has 0 unspecified atom stereocenters. The van der Waals surface area contributed by atoms with E-state index in [-0.39, 0.29) is 0 Å². The van der Waals surface area contributed by atoms with Crippen LogP contribution >= 0.6 is 23.2 Å². The van der Waals surface area contributed by atoms with Crippen molar-refractivity contribution in [3.63, 3.8) is 0 Å².